The molecule has 0 amide bonds. The van der Waals surface area contributed by atoms with Crippen LogP contribution < -0.4 is 5.32 Å². The molecule has 0 fully saturated rings. The molecule has 1 aliphatic carbocycles. The third kappa shape index (κ3) is 3.45. The lowest BCUT2D eigenvalue weighted by atomic mass is 9.91. The predicted molar refractivity (Wildman–Crippen MR) is 131 cm³/mol. The first-order valence-electron chi connectivity index (χ1n) is 11.0. The maximum absolute atomic E-state index is 3.60. The van der Waals surface area contributed by atoms with Crippen LogP contribution in [0.25, 0.3) is 11.1 Å². The van der Waals surface area contributed by atoms with Crippen LogP contribution in [0.1, 0.15) is 38.9 Å². The summed E-state index contributed by atoms with van der Waals surface area (Å²) in [7, 11) is 0. The van der Waals surface area contributed by atoms with Gasteiger partial charge in [-0.15, -0.1) is 0 Å². The highest BCUT2D eigenvalue weighted by Crippen LogP contribution is 2.29. The van der Waals surface area contributed by atoms with Crippen molar-refractivity contribution in [1.82, 2.24) is 0 Å². The molecule has 1 heteroatoms. The van der Waals surface area contributed by atoms with Gasteiger partial charge in [-0.3, -0.25) is 0 Å². The van der Waals surface area contributed by atoms with E-state index in [0.29, 0.717) is 0 Å². The van der Waals surface area contributed by atoms with Crippen molar-refractivity contribution >= 4 is 5.69 Å². The van der Waals surface area contributed by atoms with Crippen LogP contribution in [0.4, 0.5) is 5.69 Å². The molecule has 4 aromatic rings. The summed E-state index contributed by atoms with van der Waals surface area (Å²) in [6.45, 7) is 0.778. The SMILES string of the molecule is C1#Cc2ccc(-c3ccc4c(c3)NCc3ccccc3C#C4)cc2CCc2ccccc21. The zero-order valence-electron chi connectivity index (χ0n) is 17.7. The number of fused-ring (bicyclic) bond motifs is 4. The molecule has 0 radical (unpaired) electrons. The first-order chi connectivity index (χ1) is 15.8. The standard InChI is InChI=1S/C31H21N/c1-2-6-23-12-16-27-19-28(17-13-25(27)10-9-22(23)5-1)29-18-15-26-14-11-24-7-3-4-8-30(24)21-32-31(26)20-29/h1-8,13,15,17-20,32H,12,16,21H2. The van der Waals surface area contributed by atoms with Gasteiger partial charge in [0.25, 0.3) is 0 Å². The number of rotatable bonds is 1. The van der Waals surface area contributed by atoms with E-state index in [0.717, 1.165) is 47.3 Å². The Morgan fingerprint density at radius 1 is 0.500 bits per heavy atom. The van der Waals surface area contributed by atoms with Gasteiger partial charge in [0.15, 0.2) is 0 Å². The third-order valence-electron chi connectivity index (χ3n) is 6.29. The molecular formula is C31H21N. The molecule has 0 bridgehead atoms. The Morgan fingerprint density at radius 3 is 1.88 bits per heavy atom. The summed E-state index contributed by atoms with van der Waals surface area (Å²) in [5.74, 6) is 13.4. The monoisotopic (exact) mass is 407 g/mol. The van der Waals surface area contributed by atoms with E-state index in [1.54, 1.807) is 0 Å². The Balaban J connectivity index is 1.36. The molecule has 0 saturated carbocycles. The Labute approximate surface area is 189 Å². The number of hydrogen-bond donors (Lipinski definition) is 1. The van der Waals surface area contributed by atoms with E-state index >= 15 is 0 Å². The molecular weight excluding hydrogens is 386 g/mol. The van der Waals surface area contributed by atoms with E-state index in [9.17, 15) is 0 Å². The molecule has 0 aromatic heterocycles. The minimum absolute atomic E-state index is 0.778. The first-order valence-corrected chi connectivity index (χ1v) is 11.0. The molecule has 0 atom stereocenters. The predicted octanol–water partition coefficient (Wildman–Crippen LogP) is 6.18. The van der Waals surface area contributed by atoms with E-state index in [-0.39, 0.29) is 0 Å². The highest BCUT2D eigenvalue weighted by atomic mass is 14.9. The molecule has 0 spiro atoms. The van der Waals surface area contributed by atoms with E-state index in [1.807, 2.05) is 6.07 Å². The number of hydrogen-bond acceptors (Lipinski definition) is 1. The van der Waals surface area contributed by atoms with Crippen molar-refractivity contribution in [3.8, 4) is 34.8 Å². The fourth-order valence-electron chi connectivity index (χ4n) is 4.47. The number of aryl methyl sites for hydroxylation is 2. The zero-order valence-corrected chi connectivity index (χ0v) is 17.7. The van der Waals surface area contributed by atoms with Gasteiger partial charge in [-0.05, 0) is 77.1 Å². The quantitative estimate of drug-likeness (QED) is 0.372. The highest BCUT2D eigenvalue weighted by molar-refractivity contribution is 5.74. The van der Waals surface area contributed by atoms with Crippen LogP contribution in [-0.2, 0) is 19.4 Å². The van der Waals surface area contributed by atoms with E-state index in [2.05, 4.69) is 108 Å². The van der Waals surface area contributed by atoms with Gasteiger partial charge in [-0.1, -0.05) is 72.2 Å². The van der Waals surface area contributed by atoms with Crippen LogP contribution in [0.15, 0.2) is 84.9 Å². The van der Waals surface area contributed by atoms with Gasteiger partial charge in [0.2, 0.25) is 0 Å². The fourth-order valence-corrected chi connectivity index (χ4v) is 4.47. The smallest absolute Gasteiger partial charge is 0.0508 e. The molecule has 1 nitrogen and oxygen atoms in total. The molecule has 32 heavy (non-hydrogen) atoms. The topological polar surface area (TPSA) is 12.0 Å². The summed E-state index contributed by atoms with van der Waals surface area (Å²) >= 11 is 0. The van der Waals surface area contributed by atoms with E-state index in [4.69, 9.17) is 0 Å². The first kappa shape index (κ1) is 18.6. The summed E-state index contributed by atoms with van der Waals surface area (Å²) in [6.07, 6.45) is 2.02. The van der Waals surface area contributed by atoms with Crippen LogP contribution >= 0.6 is 0 Å². The van der Waals surface area contributed by atoms with Crippen molar-refractivity contribution < 1.29 is 0 Å². The minimum atomic E-state index is 0.778. The summed E-state index contributed by atoms with van der Waals surface area (Å²) < 4.78 is 0. The third-order valence-corrected chi connectivity index (χ3v) is 6.29. The number of benzene rings is 4. The molecule has 1 N–H and O–H groups in total. The molecule has 150 valence electrons. The Morgan fingerprint density at radius 2 is 1.06 bits per heavy atom. The fraction of sp³-hybridized carbons (Fsp3) is 0.0968. The van der Waals surface area contributed by atoms with Gasteiger partial charge in [-0.2, -0.15) is 0 Å². The molecule has 0 unspecified atom stereocenters. The zero-order chi connectivity index (χ0) is 21.3. The molecule has 6 rings (SSSR count). The average molecular weight is 408 g/mol. The van der Waals surface area contributed by atoms with Gasteiger partial charge in [0, 0.05) is 28.8 Å². The lowest BCUT2D eigenvalue weighted by Crippen LogP contribution is -2.05. The van der Waals surface area contributed by atoms with Crippen LogP contribution in [-0.4, -0.2) is 0 Å². The van der Waals surface area contributed by atoms with Crippen molar-refractivity contribution in [2.75, 3.05) is 5.32 Å². The van der Waals surface area contributed by atoms with Gasteiger partial charge in [0.05, 0.1) is 5.69 Å². The molecule has 1 heterocycles. The Hall–Kier alpha value is -4.20. The summed E-state index contributed by atoms with van der Waals surface area (Å²) in [4.78, 5) is 0. The molecule has 4 aromatic carbocycles. The maximum Gasteiger partial charge on any atom is 0.0508 e. The minimum Gasteiger partial charge on any atom is -0.380 e. The largest absolute Gasteiger partial charge is 0.380 e. The lowest BCUT2D eigenvalue weighted by molar-refractivity contribution is 0.951. The van der Waals surface area contributed by atoms with Gasteiger partial charge in [-0.25, -0.2) is 0 Å². The number of anilines is 1. The van der Waals surface area contributed by atoms with Gasteiger partial charge < -0.3 is 5.32 Å². The summed E-state index contributed by atoms with van der Waals surface area (Å²) in [6, 6.07) is 30.0. The van der Waals surface area contributed by atoms with Crippen LogP contribution in [0.3, 0.4) is 0 Å². The second kappa shape index (κ2) is 7.81. The Kier molecular flexibility index (Phi) is 4.53. The van der Waals surface area contributed by atoms with Gasteiger partial charge >= 0.3 is 0 Å². The van der Waals surface area contributed by atoms with Crippen LogP contribution in [0.2, 0.25) is 0 Å². The highest BCUT2D eigenvalue weighted by Gasteiger charge is 2.11. The van der Waals surface area contributed by atoms with Crippen molar-refractivity contribution in [1.29, 1.82) is 0 Å². The van der Waals surface area contributed by atoms with E-state index in [1.165, 1.54) is 27.8 Å². The summed E-state index contributed by atoms with van der Waals surface area (Å²) in [5.41, 5.74) is 11.8. The van der Waals surface area contributed by atoms with Crippen LogP contribution in [0, 0.1) is 23.7 Å². The maximum atomic E-state index is 3.60. The lowest BCUT2D eigenvalue weighted by Gasteiger charge is -2.15. The van der Waals surface area contributed by atoms with E-state index < -0.39 is 0 Å². The van der Waals surface area contributed by atoms with Crippen molar-refractivity contribution in [2.45, 2.75) is 19.4 Å². The summed E-state index contributed by atoms with van der Waals surface area (Å²) in [5, 5.41) is 3.60. The average Bonchev–Trinajstić information content (AvgIpc) is 2.82. The van der Waals surface area contributed by atoms with Crippen molar-refractivity contribution in [3.63, 3.8) is 0 Å². The van der Waals surface area contributed by atoms with Crippen LogP contribution in [0.5, 0.6) is 0 Å². The normalized spacial score (nSPS) is 12.9. The molecule has 2 aliphatic rings. The number of nitrogens with one attached hydrogen (secondary N) is 1. The van der Waals surface area contributed by atoms with Crippen molar-refractivity contribution in [2.24, 2.45) is 0 Å². The molecule has 1 aliphatic heterocycles. The second-order valence-corrected chi connectivity index (χ2v) is 8.30. The second-order valence-electron chi connectivity index (χ2n) is 8.30. The van der Waals surface area contributed by atoms with Crippen molar-refractivity contribution in [3.05, 3.63) is 124 Å². The molecule has 0 saturated heterocycles. The Bertz CT molecular complexity index is 1370. The van der Waals surface area contributed by atoms with Gasteiger partial charge in [0.1, 0.15) is 0 Å².